The van der Waals surface area contributed by atoms with Gasteiger partial charge in [0, 0.05) is 22.9 Å². The minimum atomic E-state index is -0.584. The first-order chi connectivity index (χ1) is 13.0. The second-order valence-electron chi connectivity index (χ2n) is 6.26. The van der Waals surface area contributed by atoms with E-state index in [0.717, 1.165) is 12.0 Å². The number of carbonyl (C=O) groups excluding carboxylic acids is 2. The van der Waals surface area contributed by atoms with Crippen LogP contribution in [-0.2, 0) is 4.79 Å². The largest absolute Gasteiger partial charge is 0.354 e. The molecule has 1 N–H and O–H groups in total. The van der Waals surface area contributed by atoms with Gasteiger partial charge in [0.25, 0.3) is 5.91 Å². The van der Waals surface area contributed by atoms with Crippen LogP contribution in [0, 0.1) is 5.82 Å². The van der Waals surface area contributed by atoms with E-state index in [1.165, 1.54) is 23.9 Å². The maximum absolute atomic E-state index is 13.3. The van der Waals surface area contributed by atoms with E-state index in [0.29, 0.717) is 22.9 Å². The molecule has 0 aromatic heterocycles. The van der Waals surface area contributed by atoms with Crippen LogP contribution >= 0.6 is 23.4 Å². The van der Waals surface area contributed by atoms with Crippen molar-refractivity contribution in [1.29, 1.82) is 0 Å². The van der Waals surface area contributed by atoms with Gasteiger partial charge in [0.05, 0.1) is 0 Å². The van der Waals surface area contributed by atoms with E-state index in [1.807, 2.05) is 6.92 Å². The number of hydrogen-bond donors (Lipinski definition) is 1. The molecule has 1 heterocycles. The topological polar surface area (TPSA) is 49.4 Å². The summed E-state index contributed by atoms with van der Waals surface area (Å²) in [6, 6.07) is 12.1. The van der Waals surface area contributed by atoms with Gasteiger partial charge in [-0.25, -0.2) is 4.39 Å². The molecule has 1 aliphatic heterocycles. The van der Waals surface area contributed by atoms with Crippen LogP contribution < -0.4 is 5.32 Å². The lowest BCUT2D eigenvalue weighted by Crippen LogP contribution is -2.48. The first-order valence-electron chi connectivity index (χ1n) is 8.74. The van der Waals surface area contributed by atoms with Crippen LogP contribution in [0.4, 0.5) is 4.39 Å². The second kappa shape index (κ2) is 8.76. The zero-order chi connectivity index (χ0) is 19.4. The Labute approximate surface area is 167 Å². The summed E-state index contributed by atoms with van der Waals surface area (Å²) < 4.78 is 13.3. The SMILES string of the molecule is CCCNC(=O)[C@H]1CS[C@H](c2ccc(F)cc2)N1C(=O)c1ccc(Cl)cc1. The van der Waals surface area contributed by atoms with E-state index in [-0.39, 0.29) is 23.0 Å². The number of hydrogen-bond acceptors (Lipinski definition) is 3. The average molecular weight is 407 g/mol. The minimum Gasteiger partial charge on any atom is -0.354 e. The molecular weight excluding hydrogens is 387 g/mol. The maximum Gasteiger partial charge on any atom is 0.255 e. The van der Waals surface area contributed by atoms with Crippen LogP contribution in [0.25, 0.3) is 0 Å². The monoisotopic (exact) mass is 406 g/mol. The highest BCUT2D eigenvalue weighted by molar-refractivity contribution is 7.99. The fraction of sp³-hybridized carbons (Fsp3) is 0.300. The Bertz CT molecular complexity index is 814. The number of thioether (sulfide) groups is 1. The van der Waals surface area contributed by atoms with Crippen molar-refractivity contribution in [2.75, 3.05) is 12.3 Å². The lowest BCUT2D eigenvalue weighted by atomic mass is 10.1. The van der Waals surface area contributed by atoms with Gasteiger partial charge in [0.2, 0.25) is 5.91 Å². The van der Waals surface area contributed by atoms with Crippen molar-refractivity contribution >= 4 is 35.2 Å². The smallest absolute Gasteiger partial charge is 0.255 e. The Balaban J connectivity index is 1.93. The molecule has 2 amide bonds. The summed E-state index contributed by atoms with van der Waals surface area (Å²) in [5, 5.41) is 3.05. The lowest BCUT2D eigenvalue weighted by molar-refractivity contribution is -0.124. The predicted molar refractivity (Wildman–Crippen MR) is 106 cm³/mol. The molecule has 2 atom stereocenters. The molecule has 0 bridgehead atoms. The van der Waals surface area contributed by atoms with E-state index in [2.05, 4.69) is 5.32 Å². The van der Waals surface area contributed by atoms with Gasteiger partial charge < -0.3 is 10.2 Å². The highest BCUT2D eigenvalue weighted by Gasteiger charge is 2.42. The number of halogens is 2. The van der Waals surface area contributed by atoms with Crippen molar-refractivity contribution in [2.24, 2.45) is 0 Å². The van der Waals surface area contributed by atoms with Gasteiger partial charge in [-0.15, -0.1) is 11.8 Å². The predicted octanol–water partition coefficient (Wildman–Crippen LogP) is 4.26. The summed E-state index contributed by atoms with van der Waals surface area (Å²) in [7, 11) is 0. The zero-order valence-corrected chi connectivity index (χ0v) is 16.4. The van der Waals surface area contributed by atoms with Crippen molar-refractivity contribution in [3.05, 3.63) is 70.5 Å². The van der Waals surface area contributed by atoms with Gasteiger partial charge in [0.15, 0.2) is 0 Å². The quantitative estimate of drug-likeness (QED) is 0.807. The van der Waals surface area contributed by atoms with E-state index in [4.69, 9.17) is 11.6 Å². The molecule has 0 spiro atoms. The number of amides is 2. The Morgan fingerprint density at radius 1 is 1.19 bits per heavy atom. The second-order valence-corrected chi connectivity index (χ2v) is 7.81. The maximum atomic E-state index is 13.3. The lowest BCUT2D eigenvalue weighted by Gasteiger charge is -2.29. The van der Waals surface area contributed by atoms with Crippen LogP contribution in [0.5, 0.6) is 0 Å². The molecule has 0 saturated carbocycles. The van der Waals surface area contributed by atoms with Crippen LogP contribution in [0.2, 0.25) is 5.02 Å². The summed E-state index contributed by atoms with van der Waals surface area (Å²) in [6.45, 7) is 2.53. The molecule has 4 nitrogen and oxygen atoms in total. The third-order valence-electron chi connectivity index (χ3n) is 4.33. The molecule has 2 aromatic rings. The summed E-state index contributed by atoms with van der Waals surface area (Å²) in [5.41, 5.74) is 1.25. The zero-order valence-electron chi connectivity index (χ0n) is 14.8. The molecule has 1 aliphatic rings. The Morgan fingerprint density at radius 3 is 2.48 bits per heavy atom. The molecule has 0 unspecified atom stereocenters. The van der Waals surface area contributed by atoms with Crippen molar-refractivity contribution in [3.63, 3.8) is 0 Å². The van der Waals surface area contributed by atoms with Crippen molar-refractivity contribution in [2.45, 2.75) is 24.8 Å². The van der Waals surface area contributed by atoms with Crippen LogP contribution in [-0.4, -0.2) is 35.1 Å². The van der Waals surface area contributed by atoms with Crippen molar-refractivity contribution in [3.8, 4) is 0 Å². The first kappa shape index (κ1) is 19.7. The summed E-state index contributed by atoms with van der Waals surface area (Å²) in [5.74, 6) is -0.273. The standard InChI is InChI=1S/C20H20ClFN2O2S/c1-2-11-23-18(25)17-12-27-20(14-5-9-16(22)10-6-14)24(17)19(26)13-3-7-15(21)8-4-13/h3-10,17,20H,2,11-12H2,1H3,(H,23,25)/t17-,20-/m1/s1. The fourth-order valence-electron chi connectivity index (χ4n) is 2.95. The summed E-state index contributed by atoms with van der Waals surface area (Å²) in [6.07, 6.45) is 0.818. The highest BCUT2D eigenvalue weighted by atomic mass is 35.5. The number of carbonyl (C=O) groups is 2. The normalized spacial score (nSPS) is 19.1. The van der Waals surface area contributed by atoms with Crippen molar-refractivity contribution in [1.82, 2.24) is 10.2 Å². The van der Waals surface area contributed by atoms with Gasteiger partial charge in [-0.2, -0.15) is 0 Å². The molecule has 0 aliphatic carbocycles. The number of benzene rings is 2. The number of rotatable bonds is 5. The Morgan fingerprint density at radius 2 is 1.85 bits per heavy atom. The fourth-order valence-corrected chi connectivity index (χ4v) is 4.50. The van der Waals surface area contributed by atoms with Gasteiger partial charge >= 0.3 is 0 Å². The summed E-state index contributed by atoms with van der Waals surface area (Å²) in [4.78, 5) is 27.4. The van der Waals surface area contributed by atoms with Crippen LogP contribution in [0.15, 0.2) is 48.5 Å². The minimum absolute atomic E-state index is 0.170. The van der Waals surface area contributed by atoms with Crippen LogP contribution in [0.3, 0.4) is 0 Å². The third-order valence-corrected chi connectivity index (χ3v) is 5.91. The molecule has 1 fully saturated rings. The number of nitrogens with one attached hydrogen (secondary N) is 1. The molecule has 2 aromatic carbocycles. The van der Waals surface area contributed by atoms with E-state index in [9.17, 15) is 14.0 Å². The number of nitrogens with zero attached hydrogens (tertiary/aromatic N) is 1. The highest BCUT2D eigenvalue weighted by Crippen LogP contribution is 2.42. The van der Waals surface area contributed by atoms with Crippen molar-refractivity contribution < 1.29 is 14.0 Å². The molecule has 3 rings (SSSR count). The van der Waals surface area contributed by atoms with E-state index >= 15 is 0 Å². The average Bonchev–Trinajstić information content (AvgIpc) is 3.12. The Hall–Kier alpha value is -2.05. The van der Waals surface area contributed by atoms with E-state index < -0.39 is 6.04 Å². The molecule has 27 heavy (non-hydrogen) atoms. The third kappa shape index (κ3) is 4.45. The summed E-state index contributed by atoms with van der Waals surface area (Å²) >= 11 is 7.42. The van der Waals surface area contributed by atoms with Gasteiger partial charge in [0.1, 0.15) is 17.2 Å². The Kier molecular flexibility index (Phi) is 6.39. The molecule has 7 heteroatoms. The van der Waals surface area contributed by atoms with Crippen LogP contribution in [0.1, 0.15) is 34.6 Å². The van der Waals surface area contributed by atoms with Gasteiger partial charge in [-0.05, 0) is 48.4 Å². The first-order valence-corrected chi connectivity index (χ1v) is 10.2. The van der Waals surface area contributed by atoms with Gasteiger partial charge in [-0.3, -0.25) is 9.59 Å². The van der Waals surface area contributed by atoms with Gasteiger partial charge in [-0.1, -0.05) is 30.7 Å². The molecule has 1 saturated heterocycles. The molecular formula is C20H20ClFN2O2S. The van der Waals surface area contributed by atoms with E-state index in [1.54, 1.807) is 41.3 Å². The molecule has 0 radical (unpaired) electrons. The molecule has 142 valence electrons.